The summed E-state index contributed by atoms with van der Waals surface area (Å²) in [5.74, 6) is 2.29. The third kappa shape index (κ3) is 2.83. The fourth-order valence-electron chi connectivity index (χ4n) is 3.15. The Hall–Kier alpha value is -2.31. The fraction of sp³-hybridized carbons (Fsp3) is 0.562. The van der Waals surface area contributed by atoms with Crippen molar-refractivity contribution in [1.29, 1.82) is 0 Å². The van der Waals surface area contributed by atoms with Gasteiger partial charge in [-0.15, -0.1) is 5.10 Å². The first-order valence-electron chi connectivity index (χ1n) is 8.22. The summed E-state index contributed by atoms with van der Waals surface area (Å²) in [7, 11) is 0. The summed E-state index contributed by atoms with van der Waals surface area (Å²) in [4.78, 5) is 18.8. The molecule has 0 unspecified atom stereocenters. The molecule has 120 valence electrons. The predicted molar refractivity (Wildman–Crippen MR) is 80.8 cm³/mol. The van der Waals surface area contributed by atoms with Gasteiger partial charge < -0.3 is 9.42 Å². The lowest BCUT2D eigenvalue weighted by Gasteiger charge is -2.30. The van der Waals surface area contributed by atoms with Crippen molar-refractivity contribution >= 4 is 5.91 Å². The van der Waals surface area contributed by atoms with Crippen molar-refractivity contribution in [3.8, 4) is 0 Å². The van der Waals surface area contributed by atoms with E-state index in [2.05, 4.69) is 20.3 Å². The number of carbonyl (C=O) groups is 1. The van der Waals surface area contributed by atoms with E-state index < -0.39 is 0 Å². The van der Waals surface area contributed by atoms with Crippen molar-refractivity contribution in [3.63, 3.8) is 0 Å². The summed E-state index contributed by atoms with van der Waals surface area (Å²) < 4.78 is 5.45. The van der Waals surface area contributed by atoms with Gasteiger partial charge >= 0.3 is 0 Å². The number of hydrogen-bond acceptors (Lipinski definition) is 6. The third-order valence-electron chi connectivity index (χ3n) is 4.85. The molecule has 1 aliphatic heterocycles. The first-order chi connectivity index (χ1) is 11.3. The molecule has 0 radical (unpaired) electrons. The van der Waals surface area contributed by atoms with Crippen LogP contribution in [0.4, 0.5) is 0 Å². The zero-order chi connectivity index (χ0) is 15.6. The van der Waals surface area contributed by atoms with Gasteiger partial charge in [0.25, 0.3) is 5.91 Å². The topological polar surface area (TPSA) is 85.0 Å². The molecule has 0 N–H and O–H groups in total. The number of aromatic nitrogens is 4. The summed E-state index contributed by atoms with van der Waals surface area (Å²) in [5, 5.41) is 11.8. The van der Waals surface area contributed by atoms with Crippen LogP contribution < -0.4 is 0 Å². The van der Waals surface area contributed by atoms with Gasteiger partial charge in [-0.2, -0.15) is 10.1 Å². The van der Waals surface area contributed by atoms with E-state index in [0.29, 0.717) is 24.7 Å². The molecule has 2 aromatic heterocycles. The molecule has 0 bridgehead atoms. The average Bonchev–Trinajstić information content (AvgIpc) is 3.03. The largest absolute Gasteiger partial charge is 0.339 e. The van der Waals surface area contributed by atoms with Crippen LogP contribution in [0.5, 0.6) is 0 Å². The quantitative estimate of drug-likeness (QED) is 0.863. The summed E-state index contributed by atoms with van der Waals surface area (Å²) in [6.45, 7) is 1.36. The molecular weight excluding hydrogens is 294 g/mol. The van der Waals surface area contributed by atoms with Crippen LogP contribution in [0.3, 0.4) is 0 Å². The number of hydrogen-bond donors (Lipinski definition) is 0. The van der Waals surface area contributed by atoms with Crippen molar-refractivity contribution in [2.45, 2.75) is 43.9 Å². The molecule has 23 heavy (non-hydrogen) atoms. The number of rotatable bonds is 3. The molecule has 0 atom stereocenters. The van der Waals surface area contributed by atoms with E-state index in [9.17, 15) is 4.79 Å². The highest BCUT2D eigenvalue weighted by Crippen LogP contribution is 2.36. The predicted octanol–water partition coefficient (Wildman–Crippen LogP) is 2.15. The highest BCUT2D eigenvalue weighted by molar-refractivity contribution is 5.92. The van der Waals surface area contributed by atoms with Gasteiger partial charge in [0.2, 0.25) is 5.89 Å². The first-order valence-corrected chi connectivity index (χ1v) is 8.22. The lowest BCUT2D eigenvalue weighted by Crippen LogP contribution is -2.38. The Morgan fingerprint density at radius 2 is 2.00 bits per heavy atom. The minimum Gasteiger partial charge on any atom is -0.339 e. The van der Waals surface area contributed by atoms with Crippen molar-refractivity contribution in [2.75, 3.05) is 13.1 Å². The van der Waals surface area contributed by atoms with Gasteiger partial charge in [0, 0.05) is 31.1 Å². The van der Waals surface area contributed by atoms with Crippen LogP contribution in [-0.2, 0) is 0 Å². The van der Waals surface area contributed by atoms with E-state index in [1.807, 2.05) is 4.90 Å². The molecule has 7 heteroatoms. The fourth-order valence-corrected chi connectivity index (χ4v) is 3.15. The van der Waals surface area contributed by atoms with Crippen molar-refractivity contribution in [2.24, 2.45) is 0 Å². The molecule has 1 saturated carbocycles. The van der Waals surface area contributed by atoms with Crippen LogP contribution in [0.15, 0.2) is 22.9 Å². The SMILES string of the molecule is O=C(c1cccnn1)N1CCC(c2nc(C3CCC3)no2)CC1. The summed E-state index contributed by atoms with van der Waals surface area (Å²) >= 11 is 0. The van der Waals surface area contributed by atoms with E-state index in [0.717, 1.165) is 24.6 Å². The minimum atomic E-state index is -0.0581. The van der Waals surface area contributed by atoms with Crippen molar-refractivity contribution in [1.82, 2.24) is 25.2 Å². The molecule has 1 amide bonds. The maximum atomic E-state index is 12.4. The highest BCUT2D eigenvalue weighted by Gasteiger charge is 2.30. The lowest BCUT2D eigenvalue weighted by atomic mass is 9.85. The number of likely N-dealkylation sites (tertiary alicyclic amines) is 1. The van der Waals surface area contributed by atoms with Gasteiger partial charge in [0.15, 0.2) is 11.5 Å². The minimum absolute atomic E-state index is 0.0581. The molecule has 1 aliphatic carbocycles. The normalized spacial score (nSPS) is 19.6. The second kappa shape index (κ2) is 6.06. The van der Waals surface area contributed by atoms with Crippen LogP contribution in [0, 0.1) is 0 Å². The van der Waals surface area contributed by atoms with E-state index in [4.69, 9.17) is 4.52 Å². The van der Waals surface area contributed by atoms with Crippen LogP contribution in [0.2, 0.25) is 0 Å². The Morgan fingerprint density at radius 1 is 1.17 bits per heavy atom. The third-order valence-corrected chi connectivity index (χ3v) is 4.85. The van der Waals surface area contributed by atoms with E-state index in [-0.39, 0.29) is 11.8 Å². The summed E-state index contributed by atoms with van der Waals surface area (Å²) in [6, 6.07) is 3.43. The van der Waals surface area contributed by atoms with E-state index in [1.54, 1.807) is 18.3 Å². The Labute approximate surface area is 134 Å². The van der Waals surface area contributed by atoms with Crippen LogP contribution in [0.1, 0.15) is 66.1 Å². The molecule has 0 spiro atoms. The molecule has 1 saturated heterocycles. The lowest BCUT2D eigenvalue weighted by molar-refractivity contribution is 0.0697. The zero-order valence-electron chi connectivity index (χ0n) is 12.9. The van der Waals surface area contributed by atoms with Gasteiger partial charge in [-0.25, -0.2) is 0 Å². The molecule has 2 aromatic rings. The molecule has 2 fully saturated rings. The second-order valence-electron chi connectivity index (χ2n) is 6.29. The number of nitrogens with zero attached hydrogens (tertiary/aromatic N) is 5. The van der Waals surface area contributed by atoms with Gasteiger partial charge in [0.1, 0.15) is 0 Å². The van der Waals surface area contributed by atoms with Gasteiger partial charge in [-0.05, 0) is 37.8 Å². The van der Waals surface area contributed by atoms with E-state index >= 15 is 0 Å². The van der Waals surface area contributed by atoms with Crippen LogP contribution >= 0.6 is 0 Å². The van der Waals surface area contributed by atoms with E-state index in [1.165, 1.54) is 19.3 Å². The molecule has 3 heterocycles. The number of carbonyl (C=O) groups excluding carboxylic acids is 1. The molecule has 7 nitrogen and oxygen atoms in total. The van der Waals surface area contributed by atoms with Crippen molar-refractivity contribution in [3.05, 3.63) is 35.7 Å². The monoisotopic (exact) mass is 313 g/mol. The smallest absolute Gasteiger partial charge is 0.274 e. The summed E-state index contributed by atoms with van der Waals surface area (Å²) in [5.41, 5.74) is 0.399. The molecule has 2 aliphatic rings. The van der Waals surface area contributed by atoms with Crippen LogP contribution in [-0.4, -0.2) is 44.2 Å². The summed E-state index contributed by atoms with van der Waals surface area (Å²) in [6.07, 6.45) is 6.86. The highest BCUT2D eigenvalue weighted by atomic mass is 16.5. The van der Waals surface area contributed by atoms with Crippen LogP contribution in [0.25, 0.3) is 0 Å². The standard InChI is InChI=1S/C16H19N5O2/c22-16(13-5-2-8-17-19-13)21-9-6-12(7-10-21)15-18-14(20-23-15)11-3-1-4-11/h2,5,8,11-12H,1,3-4,6-7,9-10H2. The van der Waals surface area contributed by atoms with Crippen molar-refractivity contribution < 1.29 is 9.32 Å². The van der Waals surface area contributed by atoms with Gasteiger partial charge in [-0.1, -0.05) is 11.6 Å². The number of amides is 1. The Morgan fingerprint density at radius 3 is 2.65 bits per heavy atom. The Bertz CT molecular complexity index is 675. The zero-order valence-corrected chi connectivity index (χ0v) is 12.9. The number of piperidine rings is 1. The second-order valence-corrected chi connectivity index (χ2v) is 6.29. The molecule has 0 aromatic carbocycles. The van der Waals surface area contributed by atoms with Gasteiger partial charge in [-0.3, -0.25) is 4.79 Å². The Kier molecular flexibility index (Phi) is 3.77. The Balaban J connectivity index is 1.37. The molecular formula is C16H19N5O2. The average molecular weight is 313 g/mol. The van der Waals surface area contributed by atoms with Gasteiger partial charge in [0.05, 0.1) is 0 Å². The first kappa shape index (κ1) is 14.3. The maximum Gasteiger partial charge on any atom is 0.274 e. The maximum absolute atomic E-state index is 12.4. The molecule has 4 rings (SSSR count).